The highest BCUT2D eigenvalue weighted by Gasteiger charge is 2.51. The predicted octanol–water partition coefficient (Wildman–Crippen LogP) is -0.614. The minimum atomic E-state index is -4.99. The van der Waals surface area contributed by atoms with Gasteiger partial charge in [0, 0.05) is 0 Å². The molecule has 2 heterocycles. The van der Waals surface area contributed by atoms with E-state index >= 15 is 0 Å². The van der Waals surface area contributed by atoms with E-state index in [0.29, 0.717) is 16.2 Å². The Bertz CT molecular complexity index is 935. The molecule has 4 amide bonds. The summed E-state index contributed by atoms with van der Waals surface area (Å²) in [5.41, 5.74) is 6.11. The smallest absolute Gasteiger partial charge is 0.418 e. The maximum atomic E-state index is 12.5. The van der Waals surface area contributed by atoms with Gasteiger partial charge in [-0.2, -0.15) is 13.5 Å². The van der Waals surface area contributed by atoms with Gasteiger partial charge < -0.3 is 25.8 Å². The number of carboxylic acid groups (broad SMARTS) is 1. The van der Waals surface area contributed by atoms with Crippen molar-refractivity contribution in [1.82, 2.24) is 15.3 Å². The van der Waals surface area contributed by atoms with E-state index in [9.17, 15) is 22.8 Å². The second kappa shape index (κ2) is 7.14. The molecule has 5 N–H and O–H groups in total. The van der Waals surface area contributed by atoms with E-state index in [1.807, 2.05) is 0 Å². The van der Waals surface area contributed by atoms with Gasteiger partial charge in [-0.05, 0) is 23.3 Å². The summed E-state index contributed by atoms with van der Waals surface area (Å²) in [6, 6.07) is 1.41. The standard InChI is InChI=1S/C14H16N4O9S/c15-12(19)11-8-2-1-7(26-4-3-16-13(20)21)5-9(8)10-6-17(11)14(22)18(10)27-28(23,24)25/h1-2,5,10-11,16H,3-4,6H2,(H2,15,19)(H,20,21)(H,23,24,25)/t10-,11?/m1/s1. The van der Waals surface area contributed by atoms with Gasteiger partial charge in [0.2, 0.25) is 5.91 Å². The molecule has 2 atom stereocenters. The van der Waals surface area contributed by atoms with E-state index in [1.54, 1.807) is 0 Å². The van der Waals surface area contributed by atoms with Crippen LogP contribution >= 0.6 is 0 Å². The Kier molecular flexibility index (Phi) is 5.01. The van der Waals surface area contributed by atoms with E-state index in [4.69, 9.17) is 20.1 Å². The number of carbonyl (C=O) groups excluding carboxylic acids is 2. The van der Waals surface area contributed by atoms with Crippen molar-refractivity contribution in [3.8, 4) is 5.75 Å². The molecule has 152 valence electrons. The zero-order valence-corrected chi connectivity index (χ0v) is 15.0. The fourth-order valence-corrected chi connectivity index (χ4v) is 3.58. The fraction of sp³-hybridized carbons (Fsp3) is 0.357. The number of nitrogens with one attached hydrogen (secondary N) is 1. The van der Waals surface area contributed by atoms with Crippen molar-refractivity contribution >= 4 is 28.4 Å². The quantitative estimate of drug-likeness (QED) is 0.332. The summed E-state index contributed by atoms with van der Waals surface area (Å²) >= 11 is 0. The van der Waals surface area contributed by atoms with Crippen molar-refractivity contribution in [2.24, 2.45) is 5.73 Å². The lowest BCUT2D eigenvalue weighted by atomic mass is 9.90. The average Bonchev–Trinajstić information content (AvgIpc) is 2.84. The van der Waals surface area contributed by atoms with Gasteiger partial charge in [-0.3, -0.25) is 9.35 Å². The molecular weight excluding hydrogens is 400 g/mol. The summed E-state index contributed by atoms with van der Waals surface area (Å²) < 4.78 is 40.9. The van der Waals surface area contributed by atoms with Gasteiger partial charge in [0.05, 0.1) is 13.1 Å². The van der Waals surface area contributed by atoms with Crippen LogP contribution in [0.4, 0.5) is 9.59 Å². The molecule has 28 heavy (non-hydrogen) atoms. The highest BCUT2D eigenvalue weighted by atomic mass is 32.3. The molecule has 0 saturated carbocycles. The van der Waals surface area contributed by atoms with E-state index in [1.165, 1.54) is 18.2 Å². The Balaban J connectivity index is 1.92. The Morgan fingerprint density at radius 2 is 2.04 bits per heavy atom. The van der Waals surface area contributed by atoms with Gasteiger partial charge in [0.1, 0.15) is 24.4 Å². The molecule has 1 saturated heterocycles. The van der Waals surface area contributed by atoms with Gasteiger partial charge in [0.15, 0.2) is 0 Å². The molecule has 0 aliphatic carbocycles. The molecule has 14 heteroatoms. The molecule has 2 aliphatic rings. The van der Waals surface area contributed by atoms with E-state index in [2.05, 4.69) is 9.60 Å². The molecule has 1 aromatic carbocycles. The lowest BCUT2D eigenvalue weighted by molar-refractivity contribution is -0.122. The van der Waals surface area contributed by atoms with Crippen LogP contribution in [0.2, 0.25) is 0 Å². The minimum Gasteiger partial charge on any atom is -0.492 e. The molecule has 0 aromatic heterocycles. The van der Waals surface area contributed by atoms with Gasteiger partial charge in [0.25, 0.3) is 0 Å². The van der Waals surface area contributed by atoms with Crippen molar-refractivity contribution < 1.29 is 41.5 Å². The van der Waals surface area contributed by atoms with Crippen molar-refractivity contribution in [2.75, 3.05) is 19.7 Å². The van der Waals surface area contributed by atoms with Crippen LogP contribution in [-0.4, -0.2) is 65.8 Å². The van der Waals surface area contributed by atoms with Crippen LogP contribution in [-0.2, 0) is 19.5 Å². The van der Waals surface area contributed by atoms with Gasteiger partial charge >= 0.3 is 22.5 Å². The average molecular weight is 416 g/mol. The van der Waals surface area contributed by atoms with Crippen LogP contribution in [0.5, 0.6) is 5.75 Å². The number of carbonyl (C=O) groups is 3. The maximum Gasteiger partial charge on any atom is 0.418 e. The molecule has 3 rings (SSSR count). The zero-order chi connectivity index (χ0) is 20.6. The molecule has 2 bridgehead atoms. The lowest BCUT2D eigenvalue weighted by Crippen LogP contribution is -2.41. The number of nitrogens with two attached hydrogens (primary N) is 1. The molecule has 2 aliphatic heterocycles. The Morgan fingerprint density at radius 1 is 1.32 bits per heavy atom. The first-order chi connectivity index (χ1) is 13.1. The Labute approximate surface area is 158 Å². The van der Waals surface area contributed by atoms with Crippen LogP contribution in [0, 0.1) is 0 Å². The number of hydrogen-bond acceptors (Lipinski definition) is 7. The van der Waals surface area contributed by atoms with Gasteiger partial charge in [-0.1, -0.05) is 6.07 Å². The predicted molar refractivity (Wildman–Crippen MR) is 89.2 cm³/mol. The first-order valence-corrected chi connectivity index (χ1v) is 9.24. The fourth-order valence-electron chi connectivity index (χ4n) is 3.21. The molecule has 1 unspecified atom stereocenters. The molecule has 1 aromatic rings. The summed E-state index contributed by atoms with van der Waals surface area (Å²) in [5.74, 6) is -0.546. The number of ether oxygens (including phenoxy) is 1. The topological polar surface area (TPSA) is 189 Å². The van der Waals surface area contributed by atoms with Crippen molar-refractivity contribution in [1.29, 1.82) is 0 Å². The van der Waals surface area contributed by atoms with E-state index < -0.39 is 40.5 Å². The third kappa shape index (κ3) is 3.78. The van der Waals surface area contributed by atoms with Crippen LogP contribution in [0.25, 0.3) is 0 Å². The van der Waals surface area contributed by atoms with E-state index in [0.717, 1.165) is 4.90 Å². The van der Waals surface area contributed by atoms with Crippen molar-refractivity contribution in [2.45, 2.75) is 12.1 Å². The SMILES string of the molecule is NC(=O)C1c2ccc(OCCNC(=O)O)cc2[C@H]2CN1C(=O)N2OS(=O)(=O)O. The summed E-state index contributed by atoms with van der Waals surface area (Å²) in [7, 11) is -4.99. The second-order valence-corrected chi connectivity index (χ2v) is 6.96. The molecule has 1 fully saturated rings. The van der Waals surface area contributed by atoms with Crippen molar-refractivity contribution in [3.05, 3.63) is 29.3 Å². The first-order valence-electron chi connectivity index (χ1n) is 7.88. The third-order valence-electron chi connectivity index (χ3n) is 4.20. The molecular formula is C14H16N4O9S. The van der Waals surface area contributed by atoms with Crippen molar-refractivity contribution in [3.63, 3.8) is 0 Å². The van der Waals surface area contributed by atoms with Crippen LogP contribution < -0.4 is 15.8 Å². The largest absolute Gasteiger partial charge is 0.492 e. The summed E-state index contributed by atoms with van der Waals surface area (Å²) in [6.45, 7) is -0.0751. The van der Waals surface area contributed by atoms with Crippen LogP contribution in [0.3, 0.4) is 0 Å². The summed E-state index contributed by atoms with van der Waals surface area (Å²) in [5, 5.41) is 11.1. The maximum absolute atomic E-state index is 12.5. The Hall–Kier alpha value is -3.10. The molecule has 0 radical (unpaired) electrons. The number of fused-ring (bicyclic) bond motifs is 4. The summed E-state index contributed by atoms with van der Waals surface area (Å²) in [6.07, 6.45) is -1.21. The van der Waals surface area contributed by atoms with Gasteiger partial charge in [-0.25, -0.2) is 9.59 Å². The number of primary amides is 1. The van der Waals surface area contributed by atoms with E-state index in [-0.39, 0.29) is 25.4 Å². The zero-order valence-electron chi connectivity index (χ0n) is 14.1. The number of amides is 4. The second-order valence-electron chi connectivity index (χ2n) is 5.95. The number of benzene rings is 1. The number of hydroxylamine groups is 2. The molecule has 0 spiro atoms. The highest BCUT2D eigenvalue weighted by Crippen LogP contribution is 2.45. The number of urea groups is 1. The first kappa shape index (κ1) is 19.7. The van der Waals surface area contributed by atoms with Crippen LogP contribution in [0.1, 0.15) is 23.2 Å². The lowest BCUT2D eigenvalue weighted by Gasteiger charge is -2.31. The van der Waals surface area contributed by atoms with Crippen LogP contribution in [0.15, 0.2) is 18.2 Å². The Morgan fingerprint density at radius 3 is 2.64 bits per heavy atom. The number of hydrogen-bond donors (Lipinski definition) is 4. The highest BCUT2D eigenvalue weighted by molar-refractivity contribution is 7.80. The minimum absolute atomic E-state index is 0.00525. The summed E-state index contributed by atoms with van der Waals surface area (Å²) in [4.78, 5) is 35.8. The monoisotopic (exact) mass is 416 g/mol. The van der Waals surface area contributed by atoms with Gasteiger partial charge in [-0.15, -0.1) is 4.28 Å². The normalized spacial score (nSPS) is 20.7. The number of nitrogens with zero attached hydrogens (tertiary/aromatic N) is 2. The molecule has 13 nitrogen and oxygen atoms in total. The number of rotatable bonds is 7. The third-order valence-corrected chi connectivity index (χ3v) is 4.55.